The smallest absolute Gasteiger partial charge is 0.435 e. The van der Waals surface area contributed by atoms with Crippen molar-refractivity contribution in [2.75, 3.05) is 18.1 Å². The van der Waals surface area contributed by atoms with Gasteiger partial charge in [0.05, 0.1) is 15.4 Å². The van der Waals surface area contributed by atoms with E-state index in [0.717, 1.165) is 25.3 Å². The molecule has 3 rings (SSSR count). The van der Waals surface area contributed by atoms with Crippen LogP contribution in [0, 0.1) is 19.8 Å². The van der Waals surface area contributed by atoms with Crippen LogP contribution in [-0.4, -0.2) is 55.7 Å². The summed E-state index contributed by atoms with van der Waals surface area (Å²) in [7, 11) is -3.41. The molecular formula is C27H28F4N6O6S. The molecule has 17 heteroatoms. The number of halogens is 4. The second kappa shape index (κ2) is 12.9. The molecule has 0 unspecified atom stereocenters. The van der Waals surface area contributed by atoms with Crippen molar-refractivity contribution in [1.29, 1.82) is 0 Å². The van der Waals surface area contributed by atoms with Gasteiger partial charge < -0.3 is 20.1 Å². The summed E-state index contributed by atoms with van der Waals surface area (Å²) in [6, 6.07) is 7.40. The number of hydrogen-bond acceptors (Lipinski definition) is 9. The minimum Gasteiger partial charge on any atom is -0.444 e. The molecule has 0 aliphatic heterocycles. The molecule has 1 atom stereocenters. The number of hydrogen-bond donors (Lipinski definition) is 2. The fourth-order valence-electron chi connectivity index (χ4n) is 3.58. The van der Waals surface area contributed by atoms with Crippen LogP contribution in [0.4, 0.5) is 28.0 Å². The first-order chi connectivity index (χ1) is 20.3. The Hall–Kier alpha value is -4.67. The Kier molecular flexibility index (Phi) is 9.92. The van der Waals surface area contributed by atoms with Gasteiger partial charge in [0.25, 0.3) is 17.7 Å². The molecule has 2 aromatic heterocycles. The van der Waals surface area contributed by atoms with E-state index >= 15 is 0 Å². The highest BCUT2D eigenvalue weighted by Gasteiger charge is 2.38. The van der Waals surface area contributed by atoms with Crippen LogP contribution in [0.15, 0.2) is 45.7 Å². The number of alkyl halides is 3. The van der Waals surface area contributed by atoms with Crippen molar-refractivity contribution < 1.29 is 45.6 Å². The zero-order valence-electron chi connectivity index (χ0n) is 24.3. The van der Waals surface area contributed by atoms with Crippen LogP contribution in [-0.2, 0) is 25.4 Å². The lowest BCUT2D eigenvalue weighted by Crippen LogP contribution is -2.35. The monoisotopic (exact) mass is 640 g/mol. The maximum Gasteiger partial charge on any atom is 0.435 e. The summed E-state index contributed by atoms with van der Waals surface area (Å²) in [6.07, 6.45) is -4.69. The number of pyridine rings is 1. The molecular weight excluding hydrogens is 612 g/mol. The van der Waals surface area contributed by atoms with Gasteiger partial charge in [0.2, 0.25) is 5.95 Å². The molecule has 0 spiro atoms. The van der Waals surface area contributed by atoms with E-state index in [-0.39, 0.29) is 22.0 Å². The van der Waals surface area contributed by atoms with Gasteiger partial charge in [0, 0.05) is 16.8 Å². The summed E-state index contributed by atoms with van der Waals surface area (Å²) < 4.78 is 81.8. The van der Waals surface area contributed by atoms with Crippen molar-refractivity contribution in [3.63, 3.8) is 0 Å². The summed E-state index contributed by atoms with van der Waals surface area (Å²) in [6.45, 7) is 6.66. The highest BCUT2D eigenvalue weighted by molar-refractivity contribution is 7.93. The highest BCUT2D eigenvalue weighted by atomic mass is 32.2. The molecule has 0 saturated heterocycles. The lowest BCUT2D eigenvalue weighted by molar-refractivity contribution is -0.142. The van der Waals surface area contributed by atoms with Gasteiger partial charge in [-0.2, -0.15) is 21.9 Å². The summed E-state index contributed by atoms with van der Waals surface area (Å²) >= 11 is 0. The van der Waals surface area contributed by atoms with E-state index in [2.05, 4.69) is 30.2 Å². The highest BCUT2D eigenvalue weighted by Crippen LogP contribution is 2.35. The van der Waals surface area contributed by atoms with E-state index in [4.69, 9.17) is 9.47 Å². The van der Waals surface area contributed by atoms with Gasteiger partial charge in [-0.3, -0.25) is 9.59 Å². The summed E-state index contributed by atoms with van der Waals surface area (Å²) in [4.78, 5) is 41.0. The summed E-state index contributed by atoms with van der Waals surface area (Å²) in [5.74, 6) is -3.56. The van der Waals surface area contributed by atoms with Crippen LogP contribution in [0.5, 0.6) is 11.6 Å². The minimum atomic E-state index is -4.96. The standard InChI is InChI=1S/C27H28F4N6O6S/c1-14-21(24(36-35-22(14)27(29,30)31)42-18-10-11-19(28)33-15(18)2)23(39)34-16-8-7-9-17(12-16)44(6,41)37-20(38)13-32-25(40)43-26(3,4)5/h7-12H,13H2,1-6H3,(H,32,40)(H,34,39)/t44-/m1/s1. The normalized spacial score (nSPS) is 13.0. The van der Waals surface area contributed by atoms with E-state index in [1.807, 2.05) is 0 Å². The third-order valence-electron chi connectivity index (χ3n) is 5.48. The number of carbonyl (C=O) groups is 3. The maximum absolute atomic E-state index is 13.6. The number of nitrogens with one attached hydrogen (secondary N) is 2. The van der Waals surface area contributed by atoms with Crippen molar-refractivity contribution in [3.8, 4) is 11.6 Å². The Morgan fingerprint density at radius 1 is 1.05 bits per heavy atom. The second-order valence-corrected chi connectivity index (χ2v) is 12.6. The van der Waals surface area contributed by atoms with Crippen molar-refractivity contribution in [2.24, 2.45) is 4.36 Å². The number of ether oxygens (including phenoxy) is 2. The predicted octanol–water partition coefficient (Wildman–Crippen LogP) is 5.20. The Bertz CT molecular complexity index is 1730. The third-order valence-corrected chi connectivity index (χ3v) is 7.16. The van der Waals surface area contributed by atoms with Crippen molar-refractivity contribution in [2.45, 2.75) is 51.3 Å². The maximum atomic E-state index is 13.6. The fraction of sp³-hybridized carbons (Fsp3) is 0.333. The largest absolute Gasteiger partial charge is 0.444 e. The van der Waals surface area contributed by atoms with Crippen LogP contribution in [0.1, 0.15) is 48.1 Å². The van der Waals surface area contributed by atoms with Gasteiger partial charge in [0.1, 0.15) is 17.7 Å². The number of benzene rings is 1. The SMILES string of the molecule is Cc1nc(F)ccc1Oc1nnc(C(F)(F)F)c(C)c1C(=O)Nc1cccc([S@@](C)(=O)=NC(=O)CNC(=O)OC(C)(C)C)c1. The van der Waals surface area contributed by atoms with Crippen LogP contribution in [0.3, 0.4) is 0 Å². The Labute approximate surface area is 249 Å². The molecule has 0 saturated carbocycles. The number of anilines is 1. The molecule has 236 valence electrons. The van der Waals surface area contributed by atoms with Crippen LogP contribution in [0.25, 0.3) is 0 Å². The molecule has 3 amide bonds. The number of alkyl carbamates (subject to hydrolysis) is 1. The molecule has 44 heavy (non-hydrogen) atoms. The molecule has 0 aliphatic rings. The van der Waals surface area contributed by atoms with Gasteiger partial charge >= 0.3 is 12.3 Å². The number of aryl methyl sites for hydroxylation is 1. The summed E-state index contributed by atoms with van der Waals surface area (Å²) in [5.41, 5.74) is -3.48. The lowest BCUT2D eigenvalue weighted by Gasteiger charge is -2.19. The Balaban J connectivity index is 1.91. The number of amides is 3. The lowest BCUT2D eigenvalue weighted by atomic mass is 10.1. The molecule has 0 bridgehead atoms. The number of nitrogens with zero attached hydrogens (tertiary/aromatic N) is 4. The molecule has 0 fully saturated rings. The van der Waals surface area contributed by atoms with E-state index in [1.54, 1.807) is 20.8 Å². The van der Waals surface area contributed by atoms with Gasteiger partial charge in [-0.15, -0.1) is 10.2 Å². The number of rotatable bonds is 7. The minimum absolute atomic E-state index is 0.00837. The first-order valence-electron chi connectivity index (χ1n) is 12.7. The van der Waals surface area contributed by atoms with Gasteiger partial charge in [-0.25, -0.2) is 14.0 Å². The Morgan fingerprint density at radius 3 is 2.34 bits per heavy atom. The molecule has 0 aliphatic carbocycles. The number of carbonyl (C=O) groups excluding carboxylic acids is 3. The molecule has 2 N–H and O–H groups in total. The third kappa shape index (κ3) is 8.92. The van der Waals surface area contributed by atoms with Crippen molar-refractivity contribution in [3.05, 3.63) is 64.9 Å². The van der Waals surface area contributed by atoms with Gasteiger partial charge in [0.15, 0.2) is 11.4 Å². The van der Waals surface area contributed by atoms with Gasteiger partial charge in [-0.05, 0) is 70.5 Å². The fourth-order valence-corrected chi connectivity index (χ4v) is 4.82. The Morgan fingerprint density at radius 2 is 1.73 bits per heavy atom. The first kappa shape index (κ1) is 33.8. The van der Waals surface area contributed by atoms with E-state index in [0.29, 0.717) is 0 Å². The van der Waals surface area contributed by atoms with E-state index < -0.39 is 74.6 Å². The first-order valence-corrected chi connectivity index (χ1v) is 14.6. The average Bonchev–Trinajstić information content (AvgIpc) is 2.87. The average molecular weight is 641 g/mol. The number of aromatic nitrogens is 3. The van der Waals surface area contributed by atoms with E-state index in [9.17, 15) is 36.2 Å². The molecule has 2 heterocycles. The van der Waals surface area contributed by atoms with Crippen LogP contribution >= 0.6 is 0 Å². The van der Waals surface area contributed by atoms with Crippen molar-refractivity contribution in [1.82, 2.24) is 20.5 Å². The molecule has 12 nitrogen and oxygen atoms in total. The van der Waals surface area contributed by atoms with Crippen LogP contribution < -0.4 is 15.4 Å². The molecule has 1 aromatic carbocycles. The second-order valence-electron chi connectivity index (χ2n) is 10.3. The zero-order valence-corrected chi connectivity index (χ0v) is 25.1. The molecule has 3 aromatic rings. The summed E-state index contributed by atoms with van der Waals surface area (Å²) in [5, 5.41) is 11.2. The predicted molar refractivity (Wildman–Crippen MR) is 149 cm³/mol. The topological polar surface area (TPSA) is 162 Å². The van der Waals surface area contributed by atoms with E-state index in [1.165, 1.54) is 31.2 Å². The molecule has 0 radical (unpaired) electrons. The zero-order chi connectivity index (χ0) is 33.0. The van der Waals surface area contributed by atoms with Crippen LogP contribution in [0.2, 0.25) is 0 Å². The van der Waals surface area contributed by atoms with Crippen molar-refractivity contribution >= 4 is 33.3 Å². The van der Waals surface area contributed by atoms with Gasteiger partial charge in [-0.1, -0.05) is 6.07 Å². The quantitative estimate of drug-likeness (QED) is 0.261.